The van der Waals surface area contributed by atoms with Crippen LogP contribution in [-0.2, 0) is 18.2 Å². The Bertz CT molecular complexity index is 953. The zero-order chi connectivity index (χ0) is 20.2. The highest BCUT2D eigenvalue weighted by molar-refractivity contribution is 5.78. The van der Waals surface area contributed by atoms with Crippen LogP contribution >= 0.6 is 0 Å². The van der Waals surface area contributed by atoms with Crippen LogP contribution in [0.5, 0.6) is 0 Å². The summed E-state index contributed by atoms with van der Waals surface area (Å²) in [6, 6.07) is 4.16. The van der Waals surface area contributed by atoms with E-state index in [-0.39, 0.29) is 12.0 Å². The topological polar surface area (TPSA) is 43.2 Å². The summed E-state index contributed by atoms with van der Waals surface area (Å²) in [7, 11) is 1.91. The van der Waals surface area contributed by atoms with E-state index in [0.29, 0.717) is 28.9 Å². The van der Waals surface area contributed by atoms with Gasteiger partial charge in [0.1, 0.15) is 0 Å². The summed E-state index contributed by atoms with van der Waals surface area (Å²) in [5, 5.41) is 4.59. The summed E-state index contributed by atoms with van der Waals surface area (Å²) in [6.07, 6.45) is 0.823. The van der Waals surface area contributed by atoms with Gasteiger partial charge in [0, 0.05) is 42.4 Å². The Hall–Kier alpha value is -2.19. The van der Waals surface area contributed by atoms with Gasteiger partial charge in [-0.15, -0.1) is 0 Å². The van der Waals surface area contributed by atoms with E-state index in [1.54, 1.807) is 12.3 Å². The van der Waals surface area contributed by atoms with Crippen LogP contribution in [0.25, 0.3) is 16.8 Å². The molecule has 5 rings (SSSR count). The van der Waals surface area contributed by atoms with Crippen LogP contribution in [-0.4, -0.2) is 58.2 Å². The summed E-state index contributed by atoms with van der Waals surface area (Å²) >= 11 is 0. The first kappa shape index (κ1) is 18.8. The molecule has 29 heavy (non-hydrogen) atoms. The maximum atomic E-state index is 13.3. The zero-order valence-corrected chi connectivity index (χ0v) is 16.2. The summed E-state index contributed by atoms with van der Waals surface area (Å²) in [5.74, 6) is 0.409. The van der Waals surface area contributed by atoms with Crippen molar-refractivity contribution in [3.8, 4) is 11.3 Å². The minimum atomic E-state index is -4.36. The standard InChI is InChI=1S/C21H23F3N4O/c1-27-20(13-4-6-28(7-5-13)15-11-29-12-15)9-19(26-27)14-8-16-17(21(22,23)24)2-3-18(16)25-10-14/h2,8-10,13,15H,3-7,11-12H2,1H3. The number of likely N-dealkylation sites (tertiary alicyclic amines) is 1. The first-order valence-electron chi connectivity index (χ1n) is 10.0. The number of aryl methyl sites for hydroxylation is 1. The van der Waals surface area contributed by atoms with Gasteiger partial charge in [0.05, 0.1) is 36.2 Å². The predicted molar refractivity (Wildman–Crippen MR) is 102 cm³/mol. The molecule has 3 aliphatic rings. The molecule has 0 spiro atoms. The van der Waals surface area contributed by atoms with E-state index >= 15 is 0 Å². The maximum Gasteiger partial charge on any atom is 0.416 e. The smallest absolute Gasteiger partial charge is 0.378 e. The number of aromatic nitrogens is 3. The van der Waals surface area contributed by atoms with Gasteiger partial charge in [0.15, 0.2) is 0 Å². The quantitative estimate of drug-likeness (QED) is 0.785. The second kappa shape index (κ2) is 6.95. The number of alkyl halides is 3. The van der Waals surface area contributed by atoms with E-state index in [9.17, 15) is 13.2 Å². The molecular formula is C21H23F3N4O. The molecule has 5 nitrogen and oxygen atoms in total. The number of ether oxygens (including phenoxy) is 1. The lowest BCUT2D eigenvalue weighted by atomic mass is 9.92. The van der Waals surface area contributed by atoms with Crippen molar-refractivity contribution in [2.45, 2.75) is 37.4 Å². The van der Waals surface area contributed by atoms with Gasteiger partial charge in [-0.2, -0.15) is 18.3 Å². The van der Waals surface area contributed by atoms with Crippen molar-refractivity contribution in [3.63, 3.8) is 0 Å². The van der Waals surface area contributed by atoms with E-state index in [4.69, 9.17) is 4.74 Å². The number of hydrogen-bond donors (Lipinski definition) is 0. The van der Waals surface area contributed by atoms with Gasteiger partial charge in [-0.1, -0.05) is 6.08 Å². The first-order valence-corrected chi connectivity index (χ1v) is 10.0. The lowest BCUT2D eigenvalue weighted by Gasteiger charge is -2.41. The van der Waals surface area contributed by atoms with E-state index in [0.717, 1.165) is 44.8 Å². The third kappa shape index (κ3) is 3.38. The highest BCUT2D eigenvalue weighted by atomic mass is 19.4. The van der Waals surface area contributed by atoms with Crippen LogP contribution in [0.15, 0.2) is 24.4 Å². The van der Waals surface area contributed by atoms with E-state index < -0.39 is 11.7 Å². The third-order valence-corrected chi connectivity index (χ3v) is 6.36. The number of pyridine rings is 1. The van der Waals surface area contributed by atoms with Crippen LogP contribution in [0.1, 0.15) is 35.7 Å². The lowest BCUT2D eigenvalue weighted by Crippen LogP contribution is -2.51. The van der Waals surface area contributed by atoms with E-state index in [2.05, 4.69) is 15.0 Å². The van der Waals surface area contributed by atoms with E-state index in [1.165, 1.54) is 6.08 Å². The Balaban J connectivity index is 1.37. The molecule has 0 N–H and O–H groups in total. The first-order chi connectivity index (χ1) is 13.9. The molecule has 2 aromatic rings. The number of allylic oxidation sites excluding steroid dienone is 2. The molecule has 154 valence electrons. The Morgan fingerprint density at radius 1 is 1.14 bits per heavy atom. The maximum absolute atomic E-state index is 13.3. The Morgan fingerprint density at radius 3 is 2.55 bits per heavy atom. The number of piperidine rings is 1. The molecule has 0 amide bonds. The number of hydrogen-bond acceptors (Lipinski definition) is 4. The van der Waals surface area contributed by atoms with Gasteiger partial charge < -0.3 is 4.74 Å². The van der Waals surface area contributed by atoms with Crippen molar-refractivity contribution in [2.75, 3.05) is 26.3 Å². The number of rotatable bonds is 3. The van der Waals surface area contributed by atoms with Crippen molar-refractivity contribution in [1.29, 1.82) is 0 Å². The molecule has 0 bridgehead atoms. The van der Waals surface area contributed by atoms with Gasteiger partial charge in [0.25, 0.3) is 0 Å². The average molecular weight is 404 g/mol. The third-order valence-electron chi connectivity index (χ3n) is 6.36. The molecule has 0 aromatic carbocycles. The molecule has 4 heterocycles. The van der Waals surface area contributed by atoms with Crippen molar-refractivity contribution in [1.82, 2.24) is 19.7 Å². The van der Waals surface area contributed by atoms with Gasteiger partial charge in [-0.05, 0) is 38.1 Å². The fourth-order valence-corrected chi connectivity index (χ4v) is 4.61. The Morgan fingerprint density at radius 2 is 1.90 bits per heavy atom. The van der Waals surface area contributed by atoms with Crippen LogP contribution in [0.3, 0.4) is 0 Å². The molecule has 1 aliphatic carbocycles. The molecule has 0 saturated carbocycles. The second-order valence-electron chi connectivity index (χ2n) is 8.12. The highest BCUT2D eigenvalue weighted by Gasteiger charge is 2.38. The van der Waals surface area contributed by atoms with Crippen LogP contribution in [0.2, 0.25) is 0 Å². The molecule has 2 aliphatic heterocycles. The fourth-order valence-electron chi connectivity index (χ4n) is 4.61. The molecule has 0 radical (unpaired) electrons. The normalized spacial score (nSPS) is 21.2. The number of nitrogens with zero attached hydrogens (tertiary/aromatic N) is 4. The summed E-state index contributed by atoms with van der Waals surface area (Å²) in [4.78, 5) is 6.77. The molecule has 2 saturated heterocycles. The predicted octanol–water partition coefficient (Wildman–Crippen LogP) is 3.56. The fraction of sp³-hybridized carbons (Fsp3) is 0.524. The zero-order valence-electron chi connectivity index (χ0n) is 16.2. The average Bonchev–Trinajstić information content (AvgIpc) is 3.24. The van der Waals surface area contributed by atoms with Gasteiger partial charge in [-0.25, -0.2) is 0 Å². The number of halogens is 3. The van der Waals surface area contributed by atoms with Gasteiger partial charge in [0.2, 0.25) is 0 Å². The largest absolute Gasteiger partial charge is 0.416 e. The summed E-state index contributed by atoms with van der Waals surface area (Å²) < 4.78 is 47.0. The number of fused-ring (bicyclic) bond motifs is 1. The SMILES string of the molecule is Cn1nc(-c2cnc3c(c2)C(C(F)(F)F)=CC3)cc1C1CCN(C2COC2)CC1. The summed E-state index contributed by atoms with van der Waals surface area (Å²) in [5.41, 5.74) is 2.51. The van der Waals surface area contributed by atoms with Gasteiger partial charge >= 0.3 is 6.18 Å². The minimum absolute atomic E-state index is 0.179. The van der Waals surface area contributed by atoms with Crippen molar-refractivity contribution >= 4 is 5.57 Å². The minimum Gasteiger partial charge on any atom is -0.378 e. The van der Waals surface area contributed by atoms with Crippen molar-refractivity contribution in [2.24, 2.45) is 7.05 Å². The molecule has 0 atom stereocenters. The molecule has 0 unspecified atom stereocenters. The second-order valence-corrected chi connectivity index (χ2v) is 8.12. The molecule has 8 heteroatoms. The molecule has 2 fully saturated rings. The van der Waals surface area contributed by atoms with Gasteiger partial charge in [-0.3, -0.25) is 14.6 Å². The molecule has 2 aromatic heterocycles. The monoisotopic (exact) mass is 404 g/mol. The van der Waals surface area contributed by atoms with E-state index in [1.807, 2.05) is 17.8 Å². The van der Waals surface area contributed by atoms with Crippen molar-refractivity contribution in [3.05, 3.63) is 41.4 Å². The van der Waals surface area contributed by atoms with Crippen LogP contribution < -0.4 is 0 Å². The van der Waals surface area contributed by atoms with Crippen LogP contribution in [0.4, 0.5) is 13.2 Å². The van der Waals surface area contributed by atoms with Crippen LogP contribution in [0, 0.1) is 0 Å². The lowest BCUT2D eigenvalue weighted by molar-refractivity contribution is -0.0714. The van der Waals surface area contributed by atoms with Crippen molar-refractivity contribution < 1.29 is 17.9 Å². The highest BCUT2D eigenvalue weighted by Crippen LogP contribution is 2.40. The Labute approximate surface area is 167 Å². The molecular weight excluding hydrogens is 381 g/mol. The summed E-state index contributed by atoms with van der Waals surface area (Å²) in [6.45, 7) is 3.75. The Kier molecular flexibility index (Phi) is 4.51.